The Morgan fingerprint density at radius 1 is 1.30 bits per heavy atom. The van der Waals surface area contributed by atoms with Crippen LogP contribution < -0.4 is 5.32 Å². The molecule has 1 spiro atoms. The molecule has 150 valence electrons. The van der Waals surface area contributed by atoms with Crippen LogP contribution in [-0.4, -0.2) is 65.9 Å². The normalized spacial score (nSPS) is 23.0. The Balaban J connectivity index is 1.85. The Bertz CT molecular complexity index is 679. The monoisotopic (exact) mass is 392 g/mol. The second-order valence-corrected chi connectivity index (χ2v) is 9.50. The molecule has 0 aromatic carbocycles. The number of aromatic nitrogens is 1. The van der Waals surface area contributed by atoms with E-state index in [0.717, 1.165) is 50.3 Å². The lowest BCUT2D eigenvalue weighted by molar-refractivity contribution is -0.124. The van der Waals surface area contributed by atoms with Gasteiger partial charge in [-0.15, -0.1) is 11.3 Å². The molecule has 2 fully saturated rings. The number of piperidine rings is 2. The molecule has 2 aliphatic rings. The average Bonchev–Trinajstić information content (AvgIpc) is 3.08. The van der Waals surface area contributed by atoms with Crippen molar-refractivity contribution in [3.63, 3.8) is 0 Å². The molecule has 1 aromatic heterocycles. The molecule has 1 atom stereocenters. The Hall–Kier alpha value is -1.47. The van der Waals surface area contributed by atoms with E-state index in [1.54, 1.807) is 0 Å². The van der Waals surface area contributed by atoms with Crippen LogP contribution in [0, 0.1) is 18.3 Å². The summed E-state index contributed by atoms with van der Waals surface area (Å²) in [7, 11) is 2.16. The maximum Gasteiger partial charge on any atom is 0.273 e. The van der Waals surface area contributed by atoms with E-state index in [4.69, 9.17) is 0 Å². The number of amides is 2. The van der Waals surface area contributed by atoms with E-state index in [2.05, 4.69) is 22.2 Å². The number of nitrogens with one attached hydrogen (secondary N) is 1. The van der Waals surface area contributed by atoms with Crippen molar-refractivity contribution < 1.29 is 9.59 Å². The minimum atomic E-state index is -0.0487. The predicted octanol–water partition coefficient (Wildman–Crippen LogP) is 2.54. The van der Waals surface area contributed by atoms with E-state index in [1.165, 1.54) is 11.3 Å². The molecule has 2 aliphatic heterocycles. The van der Waals surface area contributed by atoms with Gasteiger partial charge in [-0.3, -0.25) is 9.59 Å². The van der Waals surface area contributed by atoms with Gasteiger partial charge in [-0.1, -0.05) is 13.8 Å². The summed E-state index contributed by atoms with van der Waals surface area (Å²) >= 11 is 1.51. The van der Waals surface area contributed by atoms with Crippen LogP contribution in [0.5, 0.6) is 0 Å². The molecule has 7 heteroatoms. The van der Waals surface area contributed by atoms with Crippen molar-refractivity contribution in [1.29, 1.82) is 0 Å². The summed E-state index contributed by atoms with van der Waals surface area (Å²) in [4.78, 5) is 34.3. The Kier molecular flexibility index (Phi) is 6.21. The Morgan fingerprint density at radius 3 is 2.59 bits per heavy atom. The molecule has 0 radical (unpaired) electrons. The number of nitrogens with zero attached hydrogens (tertiary/aromatic N) is 3. The van der Waals surface area contributed by atoms with Gasteiger partial charge in [-0.05, 0) is 58.2 Å². The third-order valence-electron chi connectivity index (χ3n) is 6.23. The lowest BCUT2D eigenvalue weighted by atomic mass is 9.66. The number of hydrogen-bond acceptors (Lipinski definition) is 5. The van der Waals surface area contributed by atoms with Gasteiger partial charge in [0.2, 0.25) is 5.91 Å². The van der Waals surface area contributed by atoms with Crippen LogP contribution in [0.4, 0.5) is 0 Å². The average molecular weight is 393 g/mol. The molecule has 2 amide bonds. The largest absolute Gasteiger partial charge is 0.354 e. The van der Waals surface area contributed by atoms with E-state index in [0.29, 0.717) is 12.2 Å². The minimum absolute atomic E-state index is 0.0150. The first-order valence-corrected chi connectivity index (χ1v) is 10.9. The molecular formula is C20H32N4O2S. The molecular weight excluding hydrogens is 360 g/mol. The third kappa shape index (κ3) is 4.35. The molecule has 2 saturated heterocycles. The molecule has 3 rings (SSSR count). The predicted molar refractivity (Wildman–Crippen MR) is 108 cm³/mol. The van der Waals surface area contributed by atoms with E-state index >= 15 is 0 Å². The molecule has 0 saturated carbocycles. The van der Waals surface area contributed by atoms with Gasteiger partial charge < -0.3 is 15.1 Å². The molecule has 27 heavy (non-hydrogen) atoms. The van der Waals surface area contributed by atoms with Crippen LogP contribution >= 0.6 is 11.3 Å². The van der Waals surface area contributed by atoms with Crippen molar-refractivity contribution in [1.82, 2.24) is 20.1 Å². The van der Waals surface area contributed by atoms with Crippen LogP contribution in [-0.2, 0) is 4.79 Å². The number of rotatable bonds is 4. The maximum absolute atomic E-state index is 13.2. The summed E-state index contributed by atoms with van der Waals surface area (Å²) in [6, 6.07) is 0.0390. The van der Waals surface area contributed by atoms with Crippen LogP contribution in [0.1, 0.15) is 55.0 Å². The second kappa shape index (κ2) is 8.27. The van der Waals surface area contributed by atoms with Crippen molar-refractivity contribution in [2.45, 2.75) is 52.5 Å². The zero-order valence-electron chi connectivity index (χ0n) is 17.0. The van der Waals surface area contributed by atoms with Crippen LogP contribution in [0.3, 0.4) is 0 Å². The highest BCUT2D eigenvalue weighted by atomic mass is 32.1. The quantitative estimate of drug-likeness (QED) is 0.855. The van der Waals surface area contributed by atoms with Crippen molar-refractivity contribution in [2.75, 3.05) is 33.2 Å². The minimum Gasteiger partial charge on any atom is -0.354 e. The lowest BCUT2D eigenvalue weighted by Gasteiger charge is -2.53. The molecule has 1 unspecified atom stereocenters. The summed E-state index contributed by atoms with van der Waals surface area (Å²) in [5, 5.41) is 5.88. The van der Waals surface area contributed by atoms with Gasteiger partial charge in [0, 0.05) is 24.4 Å². The summed E-state index contributed by atoms with van der Waals surface area (Å²) < 4.78 is 0. The fourth-order valence-corrected chi connectivity index (χ4v) is 5.07. The number of carbonyl (C=O) groups excluding carboxylic acids is 2. The smallest absolute Gasteiger partial charge is 0.273 e. The summed E-state index contributed by atoms with van der Waals surface area (Å²) in [5.41, 5.74) is 0.637. The topological polar surface area (TPSA) is 65.5 Å². The standard InChI is InChI=1S/C20H32N4O2S/c1-14(2)18(25)21-12-17-20(7-10-23(4)11-8-20)6-5-9-24(17)19(26)16-13-27-15(3)22-16/h13-14,17H,5-12H2,1-4H3,(H,21,25). The van der Waals surface area contributed by atoms with Gasteiger partial charge in [0.25, 0.3) is 5.91 Å². The van der Waals surface area contributed by atoms with Gasteiger partial charge >= 0.3 is 0 Å². The zero-order valence-corrected chi connectivity index (χ0v) is 17.8. The molecule has 1 aromatic rings. The molecule has 6 nitrogen and oxygen atoms in total. The molecule has 1 N–H and O–H groups in total. The van der Waals surface area contributed by atoms with Crippen molar-refractivity contribution in [3.8, 4) is 0 Å². The molecule has 3 heterocycles. The van der Waals surface area contributed by atoms with Crippen LogP contribution in [0.25, 0.3) is 0 Å². The highest BCUT2D eigenvalue weighted by Crippen LogP contribution is 2.44. The lowest BCUT2D eigenvalue weighted by Crippen LogP contribution is -2.61. The van der Waals surface area contributed by atoms with Gasteiger partial charge in [0.1, 0.15) is 5.69 Å². The van der Waals surface area contributed by atoms with E-state index in [1.807, 2.05) is 31.1 Å². The number of aryl methyl sites for hydroxylation is 1. The van der Waals surface area contributed by atoms with E-state index in [-0.39, 0.29) is 29.2 Å². The summed E-state index contributed by atoms with van der Waals surface area (Å²) in [5.74, 6) is 0.0223. The zero-order chi connectivity index (χ0) is 19.6. The first kappa shape index (κ1) is 20.3. The Labute approximate surface area is 166 Å². The second-order valence-electron chi connectivity index (χ2n) is 8.44. The highest BCUT2D eigenvalue weighted by Gasteiger charge is 2.47. The third-order valence-corrected chi connectivity index (χ3v) is 7.01. The number of carbonyl (C=O) groups is 2. The number of thiazole rings is 1. The molecule has 0 bridgehead atoms. The van der Waals surface area contributed by atoms with Gasteiger partial charge in [-0.25, -0.2) is 4.98 Å². The van der Waals surface area contributed by atoms with Crippen molar-refractivity contribution in [2.24, 2.45) is 11.3 Å². The summed E-state index contributed by atoms with van der Waals surface area (Å²) in [6.07, 6.45) is 4.30. The van der Waals surface area contributed by atoms with Crippen LogP contribution in [0.2, 0.25) is 0 Å². The van der Waals surface area contributed by atoms with Gasteiger partial charge in [0.05, 0.1) is 11.0 Å². The highest BCUT2D eigenvalue weighted by molar-refractivity contribution is 7.09. The number of likely N-dealkylation sites (tertiary alicyclic amines) is 2. The van der Waals surface area contributed by atoms with Gasteiger partial charge in [0.15, 0.2) is 0 Å². The number of hydrogen-bond donors (Lipinski definition) is 1. The van der Waals surface area contributed by atoms with Crippen LogP contribution in [0.15, 0.2) is 5.38 Å². The van der Waals surface area contributed by atoms with Crippen molar-refractivity contribution in [3.05, 3.63) is 16.1 Å². The first-order valence-electron chi connectivity index (χ1n) is 10.0. The SMILES string of the molecule is Cc1nc(C(=O)N2CCCC3(CCN(C)CC3)C2CNC(=O)C(C)C)cs1. The fraction of sp³-hybridized carbons (Fsp3) is 0.750. The maximum atomic E-state index is 13.2. The van der Waals surface area contributed by atoms with Crippen molar-refractivity contribution >= 4 is 23.2 Å². The first-order chi connectivity index (χ1) is 12.8. The van der Waals surface area contributed by atoms with E-state index in [9.17, 15) is 9.59 Å². The van der Waals surface area contributed by atoms with E-state index < -0.39 is 0 Å². The molecule has 0 aliphatic carbocycles. The summed E-state index contributed by atoms with van der Waals surface area (Å²) in [6.45, 7) is 9.12. The fourth-order valence-electron chi connectivity index (χ4n) is 4.48. The van der Waals surface area contributed by atoms with Gasteiger partial charge in [-0.2, -0.15) is 0 Å². The Morgan fingerprint density at radius 2 is 2.00 bits per heavy atom.